The van der Waals surface area contributed by atoms with E-state index < -0.39 is 0 Å². The quantitative estimate of drug-likeness (QED) is 0.674. The molecule has 3 N–H and O–H groups in total. The number of nitrogen functional groups attached to an aromatic ring is 1. The maximum atomic E-state index is 5.80. The lowest BCUT2D eigenvalue weighted by atomic mass is 10.1. The fourth-order valence-electron chi connectivity index (χ4n) is 1.64. The van der Waals surface area contributed by atoms with Crippen molar-refractivity contribution >= 4 is 11.6 Å². The highest BCUT2D eigenvalue weighted by molar-refractivity contribution is 5.63. The third kappa shape index (κ3) is 1.37. The molecule has 0 bridgehead atoms. The second-order valence-corrected chi connectivity index (χ2v) is 3.65. The minimum Gasteiger partial charge on any atom is -0.485 e. The van der Waals surface area contributed by atoms with E-state index in [1.165, 1.54) is 0 Å². The molecule has 6 nitrogen and oxygen atoms in total. The van der Waals surface area contributed by atoms with Crippen molar-refractivity contribution in [3.8, 4) is 5.75 Å². The van der Waals surface area contributed by atoms with Crippen molar-refractivity contribution in [3.63, 3.8) is 0 Å². The number of nitrogens with two attached hydrogens (primary N) is 1. The highest BCUT2D eigenvalue weighted by Gasteiger charge is 2.26. The summed E-state index contributed by atoms with van der Waals surface area (Å²) in [5, 5.41) is 3.15. The number of rotatable bonds is 1. The zero-order valence-electron chi connectivity index (χ0n) is 8.19. The smallest absolute Gasteiger partial charge is 0.204 e. The largest absolute Gasteiger partial charge is 0.485 e. The van der Waals surface area contributed by atoms with E-state index in [9.17, 15) is 0 Å². The van der Waals surface area contributed by atoms with Gasteiger partial charge in [-0.1, -0.05) is 0 Å². The fraction of sp³-hybridized carbons (Fsp3) is 0.556. The van der Waals surface area contributed by atoms with Gasteiger partial charge in [-0.3, -0.25) is 0 Å². The van der Waals surface area contributed by atoms with Crippen LogP contribution in [-0.4, -0.2) is 36.3 Å². The second kappa shape index (κ2) is 3.23. The van der Waals surface area contributed by atoms with Crippen LogP contribution in [0.15, 0.2) is 0 Å². The van der Waals surface area contributed by atoms with Crippen LogP contribution >= 0.6 is 0 Å². The van der Waals surface area contributed by atoms with Gasteiger partial charge in [0.1, 0.15) is 12.4 Å². The number of nitrogens with zero attached hydrogens (tertiary/aromatic N) is 2. The third-order valence-electron chi connectivity index (χ3n) is 2.55. The number of ether oxygens (including phenoxy) is 2. The molecule has 0 aromatic carbocycles. The fourth-order valence-corrected chi connectivity index (χ4v) is 1.64. The van der Waals surface area contributed by atoms with Crippen molar-refractivity contribution in [1.82, 2.24) is 9.97 Å². The molecule has 0 radical (unpaired) electrons. The van der Waals surface area contributed by atoms with Gasteiger partial charge in [0.05, 0.1) is 25.7 Å². The number of hydrogen-bond acceptors (Lipinski definition) is 6. The SMILES string of the molecule is Nc1nc(C2COC2)nc2c1OCCN2. The van der Waals surface area contributed by atoms with Crippen LogP contribution in [0.5, 0.6) is 5.75 Å². The number of hydrogen-bond donors (Lipinski definition) is 2. The molecule has 6 heteroatoms. The molecule has 2 aliphatic heterocycles. The molecule has 0 amide bonds. The lowest BCUT2D eigenvalue weighted by Crippen LogP contribution is -2.29. The molecule has 1 saturated heterocycles. The maximum absolute atomic E-state index is 5.80. The van der Waals surface area contributed by atoms with Gasteiger partial charge in [-0.15, -0.1) is 0 Å². The first-order chi connectivity index (χ1) is 7.34. The zero-order valence-corrected chi connectivity index (χ0v) is 8.19. The summed E-state index contributed by atoms with van der Waals surface area (Å²) in [4.78, 5) is 8.62. The molecular weight excluding hydrogens is 196 g/mol. The Bertz CT molecular complexity index is 392. The summed E-state index contributed by atoms with van der Waals surface area (Å²) in [7, 11) is 0. The predicted molar refractivity (Wildman–Crippen MR) is 54.0 cm³/mol. The first-order valence-electron chi connectivity index (χ1n) is 4.96. The van der Waals surface area contributed by atoms with Gasteiger partial charge in [0, 0.05) is 0 Å². The summed E-state index contributed by atoms with van der Waals surface area (Å²) in [6.07, 6.45) is 0. The molecule has 0 saturated carbocycles. The molecule has 2 aliphatic rings. The van der Waals surface area contributed by atoms with E-state index in [-0.39, 0.29) is 5.92 Å². The van der Waals surface area contributed by atoms with Crippen LogP contribution in [0.2, 0.25) is 0 Å². The Balaban J connectivity index is 2.00. The summed E-state index contributed by atoms with van der Waals surface area (Å²) in [6.45, 7) is 2.72. The van der Waals surface area contributed by atoms with E-state index in [0.717, 1.165) is 12.4 Å². The van der Waals surface area contributed by atoms with Gasteiger partial charge in [0.15, 0.2) is 11.6 Å². The van der Waals surface area contributed by atoms with E-state index in [1.54, 1.807) is 0 Å². The number of nitrogens with one attached hydrogen (secondary N) is 1. The monoisotopic (exact) mass is 208 g/mol. The topological polar surface area (TPSA) is 82.3 Å². The summed E-state index contributed by atoms with van der Waals surface area (Å²) < 4.78 is 10.5. The first-order valence-corrected chi connectivity index (χ1v) is 4.96. The first kappa shape index (κ1) is 8.72. The second-order valence-electron chi connectivity index (χ2n) is 3.65. The summed E-state index contributed by atoms with van der Waals surface area (Å²) >= 11 is 0. The van der Waals surface area contributed by atoms with Crippen molar-refractivity contribution in [3.05, 3.63) is 5.82 Å². The van der Waals surface area contributed by atoms with Crippen LogP contribution < -0.4 is 15.8 Å². The van der Waals surface area contributed by atoms with Crippen LogP contribution in [0.25, 0.3) is 0 Å². The van der Waals surface area contributed by atoms with E-state index >= 15 is 0 Å². The molecule has 1 aromatic rings. The molecule has 1 fully saturated rings. The van der Waals surface area contributed by atoms with Gasteiger partial charge < -0.3 is 20.5 Å². The molecule has 0 spiro atoms. The lowest BCUT2D eigenvalue weighted by Gasteiger charge is -2.26. The zero-order chi connectivity index (χ0) is 10.3. The molecule has 3 heterocycles. The molecule has 3 rings (SSSR count). The molecule has 0 aliphatic carbocycles. The minimum absolute atomic E-state index is 0.279. The predicted octanol–water partition coefficient (Wildman–Crippen LogP) is -0.0231. The Morgan fingerprint density at radius 3 is 2.93 bits per heavy atom. The van der Waals surface area contributed by atoms with E-state index in [0.29, 0.717) is 37.2 Å². The molecule has 0 unspecified atom stereocenters. The van der Waals surface area contributed by atoms with Crippen molar-refractivity contribution < 1.29 is 9.47 Å². The van der Waals surface area contributed by atoms with Crippen LogP contribution in [0.3, 0.4) is 0 Å². The number of aromatic nitrogens is 2. The molecule has 80 valence electrons. The van der Waals surface area contributed by atoms with E-state index in [2.05, 4.69) is 15.3 Å². The van der Waals surface area contributed by atoms with Crippen molar-refractivity contribution in [1.29, 1.82) is 0 Å². The minimum atomic E-state index is 0.279. The van der Waals surface area contributed by atoms with Gasteiger partial charge >= 0.3 is 0 Å². The average molecular weight is 208 g/mol. The standard InChI is InChI=1S/C9H12N4O2/c10-7-6-9(11-1-2-15-6)13-8(12-7)5-3-14-4-5/h5H,1-4H2,(H3,10,11,12,13). The van der Waals surface area contributed by atoms with E-state index in [4.69, 9.17) is 15.2 Å². The van der Waals surface area contributed by atoms with Crippen molar-refractivity contribution in [2.24, 2.45) is 0 Å². The molecule has 1 aromatic heterocycles. The van der Waals surface area contributed by atoms with Crippen molar-refractivity contribution in [2.75, 3.05) is 37.4 Å². The Labute approximate surface area is 86.8 Å². The maximum Gasteiger partial charge on any atom is 0.204 e. The molecule has 15 heavy (non-hydrogen) atoms. The summed E-state index contributed by atoms with van der Waals surface area (Å²) in [5.74, 6) is 2.71. The molecular formula is C9H12N4O2. The van der Waals surface area contributed by atoms with Gasteiger partial charge in [-0.25, -0.2) is 9.97 Å². The van der Waals surface area contributed by atoms with Crippen LogP contribution in [0.4, 0.5) is 11.6 Å². The van der Waals surface area contributed by atoms with Crippen LogP contribution in [0, 0.1) is 0 Å². The normalized spacial score (nSPS) is 19.7. The molecule has 0 atom stereocenters. The Morgan fingerprint density at radius 2 is 2.20 bits per heavy atom. The summed E-state index contributed by atoms with van der Waals surface area (Å²) in [6, 6.07) is 0. The summed E-state index contributed by atoms with van der Waals surface area (Å²) in [5.41, 5.74) is 5.80. The van der Waals surface area contributed by atoms with E-state index in [1.807, 2.05) is 0 Å². The van der Waals surface area contributed by atoms with Crippen LogP contribution in [0.1, 0.15) is 11.7 Å². The van der Waals surface area contributed by atoms with Crippen LogP contribution in [-0.2, 0) is 4.74 Å². The Morgan fingerprint density at radius 1 is 1.33 bits per heavy atom. The van der Waals surface area contributed by atoms with Gasteiger partial charge in [-0.05, 0) is 0 Å². The number of anilines is 2. The Hall–Kier alpha value is -1.56. The van der Waals surface area contributed by atoms with Gasteiger partial charge in [-0.2, -0.15) is 0 Å². The van der Waals surface area contributed by atoms with Gasteiger partial charge in [0.25, 0.3) is 0 Å². The highest BCUT2D eigenvalue weighted by atomic mass is 16.5. The number of fused-ring (bicyclic) bond motifs is 1. The lowest BCUT2D eigenvalue weighted by molar-refractivity contribution is 0.00490. The Kier molecular flexibility index (Phi) is 1.88. The van der Waals surface area contributed by atoms with Crippen molar-refractivity contribution in [2.45, 2.75) is 5.92 Å². The highest BCUT2D eigenvalue weighted by Crippen LogP contribution is 2.33. The van der Waals surface area contributed by atoms with Gasteiger partial charge in [0.2, 0.25) is 5.75 Å². The average Bonchev–Trinajstić information content (AvgIpc) is 2.15. The third-order valence-corrected chi connectivity index (χ3v) is 2.55.